The van der Waals surface area contributed by atoms with Gasteiger partial charge in [-0.3, -0.25) is 9.59 Å². The van der Waals surface area contributed by atoms with Crippen LogP contribution >= 0.6 is 0 Å². The first-order valence-electron chi connectivity index (χ1n) is 8.91. The van der Waals surface area contributed by atoms with E-state index in [2.05, 4.69) is 0 Å². The lowest BCUT2D eigenvalue weighted by Gasteiger charge is -2.22. The molecule has 1 N–H and O–H groups in total. The van der Waals surface area contributed by atoms with Crippen molar-refractivity contribution in [1.29, 1.82) is 0 Å². The van der Waals surface area contributed by atoms with Gasteiger partial charge in [-0.1, -0.05) is 40.4 Å². The Balaban J connectivity index is 3.10. The third-order valence-corrected chi connectivity index (χ3v) is 3.75. The molecule has 0 aliphatic carbocycles. The maximum atomic E-state index is 12.0. The fourth-order valence-electron chi connectivity index (χ4n) is 2.39. The van der Waals surface area contributed by atoms with Crippen LogP contribution in [0.4, 0.5) is 5.69 Å². The minimum atomic E-state index is -1.29. The van der Waals surface area contributed by atoms with Gasteiger partial charge < -0.3 is 9.84 Å². The molecule has 0 heterocycles. The molecule has 8 heteroatoms. The molecule has 0 saturated heterocycles. The molecule has 1 rings (SSSR count). The molecule has 0 fully saturated rings. The molecular weight excluding hydrogens is 364 g/mol. The summed E-state index contributed by atoms with van der Waals surface area (Å²) in [5.74, 6) is -1.96. The van der Waals surface area contributed by atoms with E-state index in [1.807, 2.05) is 19.9 Å². The first-order chi connectivity index (χ1) is 13.2. The summed E-state index contributed by atoms with van der Waals surface area (Å²) in [5, 5.41) is 20.5. The molecule has 0 aliphatic rings. The predicted octanol–water partition coefficient (Wildman–Crippen LogP) is 4.11. The number of aliphatic carboxylic acids is 1. The summed E-state index contributed by atoms with van der Waals surface area (Å²) in [6.45, 7) is 5.77. The zero-order valence-electron chi connectivity index (χ0n) is 16.3. The monoisotopic (exact) mass is 390 g/mol. The minimum absolute atomic E-state index is 0.247. The van der Waals surface area contributed by atoms with E-state index in [0.29, 0.717) is 6.42 Å². The number of hydrogen-bond acceptors (Lipinski definition) is 5. The van der Waals surface area contributed by atoms with E-state index in [1.54, 1.807) is 25.1 Å². The third-order valence-electron chi connectivity index (χ3n) is 3.75. The van der Waals surface area contributed by atoms with E-state index in [9.17, 15) is 19.7 Å². The van der Waals surface area contributed by atoms with E-state index >= 15 is 0 Å². The van der Waals surface area contributed by atoms with Crippen LogP contribution in [-0.2, 0) is 14.3 Å². The number of nitrogens with zero attached hydrogens (tertiary/aromatic N) is 2. The van der Waals surface area contributed by atoms with Gasteiger partial charge in [0.15, 0.2) is 5.03 Å². The van der Waals surface area contributed by atoms with Crippen molar-refractivity contribution in [2.45, 2.75) is 52.7 Å². The van der Waals surface area contributed by atoms with Crippen molar-refractivity contribution in [2.75, 3.05) is 5.01 Å². The number of ether oxygens (including phenoxy) is 1. The highest BCUT2D eigenvalue weighted by Gasteiger charge is 2.30. The summed E-state index contributed by atoms with van der Waals surface area (Å²) in [7, 11) is 0. The van der Waals surface area contributed by atoms with Crippen molar-refractivity contribution < 1.29 is 24.5 Å². The van der Waals surface area contributed by atoms with Crippen LogP contribution in [0.5, 0.6) is 0 Å². The summed E-state index contributed by atoms with van der Waals surface area (Å²) in [4.78, 5) is 34.4. The quantitative estimate of drug-likeness (QED) is 0.199. The largest absolute Gasteiger partial charge is 0.481 e. The van der Waals surface area contributed by atoms with Crippen molar-refractivity contribution in [3.05, 3.63) is 63.7 Å². The topological polar surface area (TPSA) is 110 Å². The van der Waals surface area contributed by atoms with Crippen molar-refractivity contribution in [2.24, 2.45) is 0 Å². The number of esters is 1. The van der Waals surface area contributed by atoms with Gasteiger partial charge in [0.25, 0.3) is 6.23 Å². The second-order valence-electron chi connectivity index (χ2n) is 6.53. The van der Waals surface area contributed by atoms with Gasteiger partial charge in [-0.15, -0.1) is 0 Å². The Morgan fingerprint density at radius 3 is 2.36 bits per heavy atom. The standard InChI is InChI=1S/C20H26N2O6/c1-15(2)8-7-9-16(3)14-18(28-20(25)13-12-19(23)24)21(22(26)27)17-10-5-4-6-11-17/h4-6,8,10-11,14,18H,7,9,12-13H2,1-3H3,(H,23,24)/b16-14+. The molecule has 8 nitrogen and oxygen atoms in total. The first-order valence-corrected chi connectivity index (χ1v) is 8.91. The summed E-state index contributed by atoms with van der Waals surface area (Å²) in [5.41, 5.74) is 2.23. The van der Waals surface area contributed by atoms with Crippen LogP contribution in [0.25, 0.3) is 0 Å². The molecule has 1 aromatic rings. The predicted molar refractivity (Wildman–Crippen MR) is 105 cm³/mol. The molecule has 0 aromatic heterocycles. The van der Waals surface area contributed by atoms with Crippen molar-refractivity contribution in [1.82, 2.24) is 0 Å². The molecule has 28 heavy (non-hydrogen) atoms. The fourth-order valence-corrected chi connectivity index (χ4v) is 2.39. The van der Waals surface area contributed by atoms with Gasteiger partial charge in [-0.05, 0) is 51.8 Å². The van der Waals surface area contributed by atoms with Crippen LogP contribution < -0.4 is 5.01 Å². The lowest BCUT2D eigenvalue weighted by Crippen LogP contribution is -2.42. The molecule has 0 spiro atoms. The Labute approximate surface area is 164 Å². The van der Waals surface area contributed by atoms with Crippen LogP contribution in [-0.4, -0.2) is 28.3 Å². The summed E-state index contributed by atoms with van der Waals surface area (Å²) < 4.78 is 5.27. The highest BCUT2D eigenvalue weighted by Crippen LogP contribution is 2.21. The van der Waals surface area contributed by atoms with E-state index < -0.39 is 29.6 Å². The number of rotatable bonds is 11. The molecule has 0 aliphatic heterocycles. The molecule has 0 bridgehead atoms. The highest BCUT2D eigenvalue weighted by atomic mass is 16.7. The first kappa shape index (κ1) is 22.9. The number of carbonyl (C=O) groups is 2. The lowest BCUT2D eigenvalue weighted by molar-refractivity contribution is -0.505. The number of hydrogen-bond donors (Lipinski definition) is 1. The number of carboxylic acids is 1. The highest BCUT2D eigenvalue weighted by molar-refractivity contribution is 5.76. The molecule has 1 atom stereocenters. The maximum absolute atomic E-state index is 12.0. The molecule has 0 amide bonds. The van der Waals surface area contributed by atoms with Crippen LogP contribution in [0, 0.1) is 10.1 Å². The van der Waals surface area contributed by atoms with E-state index in [-0.39, 0.29) is 12.1 Å². The van der Waals surface area contributed by atoms with Crippen LogP contribution in [0.1, 0.15) is 46.5 Å². The van der Waals surface area contributed by atoms with Crippen LogP contribution in [0.15, 0.2) is 53.6 Å². The number of carboxylic acid groups (broad SMARTS) is 1. The summed E-state index contributed by atoms with van der Waals surface area (Å²) in [6.07, 6.45) is 2.92. The molecule has 152 valence electrons. The lowest BCUT2D eigenvalue weighted by atomic mass is 10.1. The zero-order valence-corrected chi connectivity index (χ0v) is 16.3. The maximum Gasteiger partial charge on any atom is 0.308 e. The van der Waals surface area contributed by atoms with Gasteiger partial charge >= 0.3 is 11.9 Å². The Hall–Kier alpha value is -3.16. The van der Waals surface area contributed by atoms with Crippen molar-refractivity contribution in [3.8, 4) is 0 Å². The smallest absolute Gasteiger partial charge is 0.308 e. The number of carbonyl (C=O) groups excluding carboxylic acids is 1. The second-order valence-corrected chi connectivity index (χ2v) is 6.53. The van der Waals surface area contributed by atoms with Crippen molar-refractivity contribution >= 4 is 17.6 Å². The Morgan fingerprint density at radius 1 is 1.18 bits per heavy atom. The number of para-hydroxylation sites is 1. The van der Waals surface area contributed by atoms with Gasteiger partial charge in [0.1, 0.15) is 5.69 Å². The molecule has 1 aromatic carbocycles. The summed E-state index contributed by atoms with van der Waals surface area (Å²) in [6, 6.07) is 8.07. The number of allylic oxidation sites excluding steroid dienone is 3. The van der Waals surface area contributed by atoms with Crippen LogP contribution in [0.2, 0.25) is 0 Å². The average molecular weight is 390 g/mol. The van der Waals surface area contributed by atoms with Gasteiger partial charge in [-0.25, -0.2) is 10.1 Å². The fraction of sp³-hybridized carbons (Fsp3) is 0.400. The van der Waals surface area contributed by atoms with E-state index in [1.165, 1.54) is 23.8 Å². The normalized spacial score (nSPS) is 12.0. The number of hydrazine groups is 1. The molecule has 0 radical (unpaired) electrons. The molecule has 1 unspecified atom stereocenters. The van der Waals surface area contributed by atoms with Gasteiger partial charge in [-0.2, -0.15) is 0 Å². The van der Waals surface area contributed by atoms with Gasteiger partial charge in [0.05, 0.1) is 12.8 Å². The van der Waals surface area contributed by atoms with E-state index in [4.69, 9.17) is 9.84 Å². The number of benzene rings is 1. The van der Waals surface area contributed by atoms with Gasteiger partial charge in [0, 0.05) is 0 Å². The third kappa shape index (κ3) is 8.48. The van der Waals surface area contributed by atoms with E-state index in [0.717, 1.165) is 17.0 Å². The molecule has 0 saturated carbocycles. The Kier molecular flexibility index (Phi) is 9.42. The van der Waals surface area contributed by atoms with Crippen LogP contribution in [0.3, 0.4) is 0 Å². The Morgan fingerprint density at radius 2 is 1.82 bits per heavy atom. The molecular formula is C20H26N2O6. The summed E-state index contributed by atoms with van der Waals surface area (Å²) >= 11 is 0. The van der Waals surface area contributed by atoms with Gasteiger partial charge in [0.2, 0.25) is 0 Å². The number of anilines is 1. The second kappa shape index (κ2) is 11.5. The average Bonchev–Trinajstić information content (AvgIpc) is 2.60. The van der Waals surface area contributed by atoms with Crippen molar-refractivity contribution in [3.63, 3.8) is 0 Å². The minimum Gasteiger partial charge on any atom is -0.481 e. The number of nitro groups is 1. The Bertz CT molecular complexity index is 738. The SMILES string of the molecule is CC(C)=CCC/C(C)=C/C(OC(=O)CCC(=O)O)N(c1ccccc1)[N+](=O)[O-]. The zero-order chi connectivity index (χ0) is 21.1.